The van der Waals surface area contributed by atoms with Gasteiger partial charge in [-0.05, 0) is 18.6 Å². The Morgan fingerprint density at radius 2 is 1.58 bits per heavy atom. The smallest absolute Gasteiger partial charge is 0.275 e. The average Bonchev–Trinajstić information content (AvgIpc) is 2.56. The van der Waals surface area contributed by atoms with E-state index in [1.54, 1.807) is 0 Å². The van der Waals surface area contributed by atoms with Crippen molar-refractivity contribution in [2.24, 2.45) is 5.10 Å². The van der Waals surface area contributed by atoms with Crippen molar-refractivity contribution < 1.29 is 31.9 Å². The number of nitrogens with zero attached hydrogens (tertiary/aromatic N) is 1. The van der Waals surface area contributed by atoms with Gasteiger partial charge in [0, 0.05) is 0 Å². The van der Waals surface area contributed by atoms with Crippen LogP contribution in [0.4, 0.5) is 22.0 Å². The molecule has 9 heteroatoms. The zero-order chi connectivity index (χ0) is 18.0. The van der Waals surface area contributed by atoms with Crippen LogP contribution >= 0.6 is 0 Å². The molecular weight excluding hydrogens is 335 g/mol. The summed E-state index contributed by atoms with van der Waals surface area (Å²) in [7, 11) is 0. The molecule has 0 saturated carbocycles. The summed E-state index contributed by atoms with van der Waals surface area (Å²) in [6.45, 7) is 1.53. The van der Waals surface area contributed by atoms with E-state index >= 15 is 0 Å². The maximum atomic E-state index is 13.4. The molecule has 0 saturated heterocycles. The molecule has 0 bridgehead atoms. The van der Waals surface area contributed by atoms with Crippen molar-refractivity contribution in [1.82, 2.24) is 5.43 Å². The van der Waals surface area contributed by atoms with E-state index < -0.39 is 40.6 Å². The summed E-state index contributed by atoms with van der Waals surface area (Å²) in [5, 5.41) is 12.9. The number of rotatable bonds is 3. The van der Waals surface area contributed by atoms with Gasteiger partial charge in [-0.15, -0.1) is 0 Å². The van der Waals surface area contributed by atoms with Crippen molar-refractivity contribution in [3.63, 3.8) is 0 Å². The van der Waals surface area contributed by atoms with Crippen LogP contribution in [0.3, 0.4) is 0 Å². The number of para-hydroxylation sites is 1. The van der Waals surface area contributed by atoms with Gasteiger partial charge in [-0.3, -0.25) is 4.79 Å². The van der Waals surface area contributed by atoms with Crippen LogP contribution in [0.2, 0.25) is 0 Å². The summed E-state index contributed by atoms with van der Waals surface area (Å²) in [6.07, 6.45) is 0.279. The first-order valence-electron chi connectivity index (χ1n) is 6.39. The van der Waals surface area contributed by atoms with Crippen molar-refractivity contribution in [3.8, 4) is 5.75 Å². The summed E-state index contributed by atoms with van der Waals surface area (Å²) in [6, 6.07) is 4.26. The Labute approximate surface area is 132 Å². The molecule has 0 unspecified atom stereocenters. The van der Waals surface area contributed by atoms with Gasteiger partial charge in [0.15, 0.2) is 23.3 Å². The lowest BCUT2D eigenvalue weighted by atomic mass is 10.1. The van der Waals surface area contributed by atoms with E-state index in [1.165, 1.54) is 25.1 Å². The number of aromatic hydroxyl groups is 1. The van der Waals surface area contributed by atoms with Crippen molar-refractivity contribution in [3.05, 3.63) is 64.0 Å². The molecule has 0 radical (unpaired) electrons. The van der Waals surface area contributed by atoms with Crippen LogP contribution in [0.5, 0.6) is 5.75 Å². The Kier molecular flexibility index (Phi) is 4.82. The number of hydrogen-bond donors (Lipinski definition) is 2. The molecule has 0 aliphatic heterocycles. The van der Waals surface area contributed by atoms with E-state index in [4.69, 9.17) is 0 Å². The molecule has 24 heavy (non-hydrogen) atoms. The third-order valence-corrected chi connectivity index (χ3v) is 3.09. The number of halogens is 5. The first kappa shape index (κ1) is 17.4. The molecule has 0 aromatic heterocycles. The van der Waals surface area contributed by atoms with Crippen molar-refractivity contribution in [2.45, 2.75) is 6.92 Å². The monoisotopic (exact) mass is 344 g/mol. The van der Waals surface area contributed by atoms with E-state index in [-0.39, 0.29) is 17.5 Å². The highest BCUT2D eigenvalue weighted by Crippen LogP contribution is 2.22. The number of amides is 1. The number of benzene rings is 2. The number of carbonyl (C=O) groups excluding carboxylic acids is 1. The average molecular weight is 344 g/mol. The Morgan fingerprint density at radius 1 is 1.04 bits per heavy atom. The van der Waals surface area contributed by atoms with Crippen LogP contribution in [0.15, 0.2) is 23.3 Å². The maximum Gasteiger partial charge on any atom is 0.275 e. The predicted molar refractivity (Wildman–Crippen MR) is 74.1 cm³/mol. The van der Waals surface area contributed by atoms with Gasteiger partial charge in [-0.1, -0.05) is 12.1 Å². The second kappa shape index (κ2) is 6.65. The SMILES string of the molecule is Cc1cccc(C(=O)N/N=C/c2c(F)c(F)c(F)c(F)c2F)c1O. The number of aryl methyl sites for hydroxylation is 1. The normalized spacial score (nSPS) is 11.1. The second-order valence-corrected chi connectivity index (χ2v) is 4.65. The van der Waals surface area contributed by atoms with Crippen LogP contribution in [0.1, 0.15) is 21.5 Å². The highest BCUT2D eigenvalue weighted by atomic mass is 19.2. The van der Waals surface area contributed by atoms with Crippen molar-refractivity contribution in [1.29, 1.82) is 0 Å². The van der Waals surface area contributed by atoms with Crippen molar-refractivity contribution in [2.75, 3.05) is 0 Å². The van der Waals surface area contributed by atoms with Gasteiger partial charge in [-0.2, -0.15) is 5.10 Å². The molecule has 2 rings (SSSR count). The first-order chi connectivity index (χ1) is 11.3. The lowest BCUT2D eigenvalue weighted by Gasteiger charge is -2.06. The standard InChI is InChI=1S/C15H9F5N2O2/c1-6-3-2-4-7(14(6)23)15(24)22-21-5-8-9(16)11(18)13(20)12(19)10(8)17/h2-5,23H,1H3,(H,22,24)/b21-5+. The maximum absolute atomic E-state index is 13.4. The molecule has 126 valence electrons. The van der Waals surface area contributed by atoms with Crippen LogP contribution in [-0.2, 0) is 0 Å². The minimum absolute atomic E-state index is 0.176. The Hall–Kier alpha value is -2.97. The molecule has 4 nitrogen and oxygen atoms in total. The second-order valence-electron chi connectivity index (χ2n) is 4.65. The van der Waals surface area contributed by atoms with Crippen molar-refractivity contribution >= 4 is 12.1 Å². The first-order valence-corrected chi connectivity index (χ1v) is 6.39. The van der Waals surface area contributed by atoms with E-state index in [0.29, 0.717) is 5.56 Å². The predicted octanol–water partition coefficient (Wildman–Crippen LogP) is 3.16. The summed E-state index contributed by atoms with van der Waals surface area (Å²) < 4.78 is 65.7. The fraction of sp³-hybridized carbons (Fsp3) is 0.0667. The lowest BCUT2D eigenvalue weighted by Crippen LogP contribution is -2.18. The minimum Gasteiger partial charge on any atom is -0.507 e. The topological polar surface area (TPSA) is 61.7 Å². The molecule has 0 fully saturated rings. The van der Waals surface area contributed by atoms with Gasteiger partial charge in [0.25, 0.3) is 5.91 Å². The molecule has 2 N–H and O–H groups in total. The summed E-state index contributed by atoms with van der Waals surface area (Å²) in [4.78, 5) is 11.8. The van der Waals surface area contributed by atoms with Crippen LogP contribution in [0.25, 0.3) is 0 Å². The molecule has 0 spiro atoms. The Balaban J connectivity index is 2.27. The van der Waals surface area contributed by atoms with E-state index in [0.717, 1.165) is 0 Å². The number of carbonyl (C=O) groups is 1. The molecule has 2 aromatic carbocycles. The number of hydrogen-bond acceptors (Lipinski definition) is 3. The van der Waals surface area contributed by atoms with E-state index in [9.17, 15) is 31.9 Å². The highest BCUT2D eigenvalue weighted by molar-refractivity contribution is 5.97. The summed E-state index contributed by atoms with van der Waals surface area (Å²) in [5.74, 6) is -12.0. The molecule has 0 aliphatic rings. The van der Waals surface area contributed by atoms with Gasteiger partial charge in [-0.25, -0.2) is 27.4 Å². The fourth-order valence-corrected chi connectivity index (χ4v) is 1.79. The van der Waals surface area contributed by atoms with Gasteiger partial charge < -0.3 is 5.11 Å². The summed E-state index contributed by atoms with van der Waals surface area (Å²) >= 11 is 0. The number of phenolic OH excluding ortho intramolecular Hbond substituents is 1. The van der Waals surface area contributed by atoms with E-state index in [2.05, 4.69) is 5.10 Å². The van der Waals surface area contributed by atoms with Gasteiger partial charge in [0.1, 0.15) is 5.75 Å². The molecule has 0 aliphatic carbocycles. The molecular formula is C15H9F5N2O2. The fourth-order valence-electron chi connectivity index (χ4n) is 1.79. The molecule has 0 atom stereocenters. The minimum atomic E-state index is -2.30. The van der Waals surface area contributed by atoms with Gasteiger partial charge >= 0.3 is 0 Å². The number of phenols is 1. The van der Waals surface area contributed by atoms with Crippen LogP contribution in [0, 0.1) is 36.0 Å². The van der Waals surface area contributed by atoms with Crippen LogP contribution in [-0.4, -0.2) is 17.2 Å². The number of hydrazone groups is 1. The summed E-state index contributed by atoms with van der Waals surface area (Å²) in [5.41, 5.74) is 0.735. The van der Waals surface area contributed by atoms with Gasteiger partial charge in [0.2, 0.25) is 5.82 Å². The Morgan fingerprint density at radius 3 is 2.17 bits per heavy atom. The van der Waals surface area contributed by atoms with Gasteiger partial charge in [0.05, 0.1) is 17.3 Å². The molecule has 1 amide bonds. The lowest BCUT2D eigenvalue weighted by molar-refractivity contribution is 0.0952. The third-order valence-electron chi connectivity index (χ3n) is 3.09. The molecule has 2 aromatic rings. The van der Waals surface area contributed by atoms with E-state index in [1.807, 2.05) is 5.43 Å². The highest BCUT2D eigenvalue weighted by Gasteiger charge is 2.24. The zero-order valence-electron chi connectivity index (χ0n) is 12.0. The quantitative estimate of drug-likeness (QED) is 0.295. The largest absolute Gasteiger partial charge is 0.507 e. The van der Waals surface area contributed by atoms with Crippen LogP contribution < -0.4 is 5.43 Å². The molecule has 0 heterocycles. The zero-order valence-corrected chi connectivity index (χ0v) is 12.0. The Bertz CT molecular complexity index is 823. The third kappa shape index (κ3) is 3.05. The number of nitrogens with one attached hydrogen (secondary N) is 1.